The van der Waals surface area contributed by atoms with Crippen LogP contribution in [-0.2, 0) is 7.05 Å². The molecule has 0 aliphatic heterocycles. The number of nitrogens with zero attached hydrogens (tertiary/aromatic N) is 1. The maximum atomic E-state index is 9.82. The summed E-state index contributed by atoms with van der Waals surface area (Å²) in [4.78, 5) is 0.689. The van der Waals surface area contributed by atoms with E-state index in [1.165, 1.54) is 11.8 Å². The van der Waals surface area contributed by atoms with Gasteiger partial charge in [0.05, 0.1) is 10.3 Å². The molecule has 2 rings (SSSR count). The summed E-state index contributed by atoms with van der Waals surface area (Å²) >= 11 is 1.41. The van der Waals surface area contributed by atoms with Gasteiger partial charge in [0.2, 0.25) is 0 Å². The van der Waals surface area contributed by atoms with E-state index in [1.807, 2.05) is 36.2 Å². The second-order valence-corrected chi connectivity index (χ2v) is 4.24. The van der Waals surface area contributed by atoms with Crippen molar-refractivity contribution in [2.75, 3.05) is 6.26 Å². The van der Waals surface area contributed by atoms with Crippen LogP contribution in [0.5, 0.6) is 11.5 Å². The Morgan fingerprint density at radius 3 is 2.67 bits per heavy atom. The first kappa shape index (κ1) is 10.1. The van der Waals surface area contributed by atoms with E-state index in [1.54, 1.807) is 6.20 Å². The minimum atomic E-state index is -0.0481. The molecule has 0 saturated heterocycles. The van der Waals surface area contributed by atoms with Crippen molar-refractivity contribution >= 4 is 22.5 Å². The first-order valence-corrected chi connectivity index (χ1v) is 5.74. The number of phenols is 2. The fourth-order valence-electron chi connectivity index (χ4n) is 1.54. The third-order valence-electron chi connectivity index (χ3n) is 2.35. The lowest BCUT2D eigenvalue weighted by atomic mass is 10.1. The van der Waals surface area contributed by atoms with Crippen LogP contribution in [-0.4, -0.2) is 16.5 Å². The maximum absolute atomic E-state index is 9.82. The normalized spacial score (nSPS) is 10.8. The zero-order valence-electron chi connectivity index (χ0n) is 8.56. The van der Waals surface area contributed by atoms with Crippen molar-refractivity contribution in [3.63, 3.8) is 0 Å². The fraction of sp³-hybridized carbons (Fsp3) is 0.182. The Morgan fingerprint density at radius 1 is 1.27 bits per heavy atom. The van der Waals surface area contributed by atoms with Gasteiger partial charge in [0.25, 0.3) is 0 Å². The van der Waals surface area contributed by atoms with Gasteiger partial charge >= 0.3 is 0 Å². The van der Waals surface area contributed by atoms with Crippen molar-refractivity contribution in [1.29, 1.82) is 0 Å². The van der Waals surface area contributed by atoms with Gasteiger partial charge in [-0.15, -0.1) is 11.8 Å². The van der Waals surface area contributed by atoms with Gasteiger partial charge in [0, 0.05) is 6.07 Å². The molecule has 0 amide bonds. The van der Waals surface area contributed by atoms with Crippen molar-refractivity contribution in [3.8, 4) is 11.5 Å². The van der Waals surface area contributed by atoms with E-state index in [0.717, 1.165) is 5.39 Å². The predicted octanol–water partition coefficient (Wildman–Crippen LogP) is 1.80. The molecule has 0 atom stereocenters. The average Bonchev–Trinajstić information content (AvgIpc) is 2.24. The number of pyridine rings is 1. The van der Waals surface area contributed by atoms with Crippen molar-refractivity contribution in [2.45, 2.75) is 4.90 Å². The highest BCUT2D eigenvalue weighted by molar-refractivity contribution is 7.98. The van der Waals surface area contributed by atoms with Crippen molar-refractivity contribution in [2.24, 2.45) is 7.05 Å². The lowest BCUT2D eigenvalue weighted by Gasteiger charge is -2.06. The summed E-state index contributed by atoms with van der Waals surface area (Å²) in [5.41, 5.74) is 0. The number of aromatic hydroxyl groups is 2. The summed E-state index contributed by atoms with van der Waals surface area (Å²) in [6.07, 6.45) is 5.56. The Morgan fingerprint density at radius 2 is 2.00 bits per heavy atom. The van der Waals surface area contributed by atoms with Crippen LogP contribution in [0.4, 0.5) is 0 Å². The fourth-order valence-corrected chi connectivity index (χ4v) is 2.08. The lowest BCUT2D eigenvalue weighted by molar-refractivity contribution is -0.670. The average molecular weight is 222 g/mol. The Bertz CT molecular complexity index is 525. The number of thioether (sulfide) groups is 1. The van der Waals surface area contributed by atoms with Crippen molar-refractivity contribution in [3.05, 3.63) is 24.5 Å². The number of aryl methyl sites for hydroxylation is 1. The second-order valence-electron chi connectivity index (χ2n) is 3.39. The molecule has 0 saturated carbocycles. The Balaban J connectivity index is 2.84. The van der Waals surface area contributed by atoms with Gasteiger partial charge < -0.3 is 10.2 Å². The summed E-state index contributed by atoms with van der Waals surface area (Å²) in [5.74, 6) is -0.0887. The molecule has 4 heteroatoms. The smallest absolute Gasteiger partial charge is 0.180 e. The van der Waals surface area contributed by atoms with E-state index < -0.39 is 0 Å². The van der Waals surface area contributed by atoms with E-state index in [9.17, 15) is 10.2 Å². The minimum absolute atomic E-state index is 0.0406. The molecule has 1 heterocycles. The Labute approximate surface area is 92.0 Å². The molecule has 15 heavy (non-hydrogen) atoms. The summed E-state index contributed by atoms with van der Waals surface area (Å²) in [6, 6.07) is 3.78. The zero-order valence-corrected chi connectivity index (χ0v) is 9.38. The molecule has 78 valence electrons. The molecule has 0 aliphatic rings. The number of hydrogen-bond acceptors (Lipinski definition) is 3. The molecule has 1 aromatic carbocycles. The third kappa shape index (κ3) is 1.61. The topological polar surface area (TPSA) is 44.3 Å². The molecule has 0 bridgehead atoms. The molecule has 2 N–H and O–H groups in total. The van der Waals surface area contributed by atoms with E-state index in [-0.39, 0.29) is 11.5 Å². The van der Waals surface area contributed by atoms with E-state index >= 15 is 0 Å². The van der Waals surface area contributed by atoms with Gasteiger partial charge in [-0.05, 0) is 17.7 Å². The van der Waals surface area contributed by atoms with Crippen LogP contribution in [0.3, 0.4) is 0 Å². The van der Waals surface area contributed by atoms with Crippen LogP contribution >= 0.6 is 11.8 Å². The molecule has 2 aromatic rings. The molecule has 0 fully saturated rings. The summed E-state index contributed by atoms with van der Waals surface area (Å²) < 4.78 is 1.83. The van der Waals surface area contributed by atoms with Gasteiger partial charge in [-0.25, -0.2) is 4.57 Å². The Kier molecular flexibility index (Phi) is 2.44. The van der Waals surface area contributed by atoms with Crippen LogP contribution < -0.4 is 4.57 Å². The van der Waals surface area contributed by atoms with Gasteiger partial charge in [0.1, 0.15) is 7.05 Å². The second kappa shape index (κ2) is 3.62. The highest BCUT2D eigenvalue weighted by atomic mass is 32.2. The summed E-state index contributed by atoms with van der Waals surface area (Å²) in [7, 11) is 1.87. The van der Waals surface area contributed by atoms with Crippen molar-refractivity contribution in [1.82, 2.24) is 0 Å². The molecule has 3 nitrogen and oxygen atoms in total. The number of hydrogen-bond donors (Lipinski definition) is 2. The molecular formula is C11H12NO2S+. The monoisotopic (exact) mass is 222 g/mol. The first-order chi connectivity index (χ1) is 7.13. The number of phenolic OH excluding ortho intramolecular Hbond substituents is 2. The molecule has 1 aromatic heterocycles. The quantitative estimate of drug-likeness (QED) is 0.439. The van der Waals surface area contributed by atoms with E-state index in [0.29, 0.717) is 10.3 Å². The third-order valence-corrected chi connectivity index (χ3v) is 3.10. The number of rotatable bonds is 1. The maximum Gasteiger partial charge on any atom is 0.180 e. The standard InChI is InChI=1S/C11H11NO2S/c1-12-4-3-7-5-9(15-2)11(14)10(13)8(7)6-12/h3-6,14H,1-2H3/p+1. The predicted molar refractivity (Wildman–Crippen MR) is 60.2 cm³/mol. The molecular weight excluding hydrogens is 210 g/mol. The summed E-state index contributed by atoms with van der Waals surface area (Å²) in [6.45, 7) is 0. The van der Waals surface area contributed by atoms with Crippen LogP contribution in [0.2, 0.25) is 0 Å². The largest absolute Gasteiger partial charge is 0.504 e. The zero-order chi connectivity index (χ0) is 11.0. The van der Waals surface area contributed by atoms with Gasteiger partial charge in [-0.1, -0.05) is 0 Å². The SMILES string of the molecule is CSc1cc2cc[n+](C)cc2c(O)c1O. The van der Waals surface area contributed by atoms with Crippen LogP contribution in [0, 0.1) is 0 Å². The molecule has 0 unspecified atom stereocenters. The molecule has 0 radical (unpaired) electrons. The highest BCUT2D eigenvalue weighted by Gasteiger charge is 2.13. The number of benzene rings is 1. The van der Waals surface area contributed by atoms with E-state index in [2.05, 4.69) is 0 Å². The Hall–Kier alpha value is -1.42. The van der Waals surface area contributed by atoms with Gasteiger partial charge in [0.15, 0.2) is 23.9 Å². The van der Waals surface area contributed by atoms with Gasteiger partial charge in [-0.3, -0.25) is 0 Å². The van der Waals surface area contributed by atoms with Gasteiger partial charge in [-0.2, -0.15) is 0 Å². The summed E-state index contributed by atoms with van der Waals surface area (Å²) in [5, 5.41) is 21.1. The molecule has 0 aliphatic carbocycles. The number of fused-ring (bicyclic) bond motifs is 1. The molecule has 0 spiro atoms. The number of aromatic nitrogens is 1. The first-order valence-electron chi connectivity index (χ1n) is 4.51. The van der Waals surface area contributed by atoms with E-state index in [4.69, 9.17) is 0 Å². The van der Waals surface area contributed by atoms with Crippen LogP contribution in [0.25, 0.3) is 10.8 Å². The minimum Gasteiger partial charge on any atom is -0.504 e. The highest BCUT2D eigenvalue weighted by Crippen LogP contribution is 2.40. The van der Waals surface area contributed by atoms with Crippen LogP contribution in [0.15, 0.2) is 29.4 Å². The van der Waals surface area contributed by atoms with Crippen LogP contribution in [0.1, 0.15) is 0 Å². The van der Waals surface area contributed by atoms with Crippen molar-refractivity contribution < 1.29 is 14.8 Å². The lowest BCUT2D eigenvalue weighted by Crippen LogP contribution is -2.25.